The van der Waals surface area contributed by atoms with Gasteiger partial charge in [0.15, 0.2) is 0 Å². The van der Waals surface area contributed by atoms with Crippen LogP contribution >= 0.6 is 17.0 Å². The van der Waals surface area contributed by atoms with Crippen LogP contribution in [0.3, 0.4) is 0 Å². The number of nitrogens with two attached hydrogens (primary N) is 1. The number of amides is 1. The van der Waals surface area contributed by atoms with E-state index in [0.717, 1.165) is 5.56 Å². The Morgan fingerprint density at radius 3 is 2.19 bits per heavy atom. The van der Waals surface area contributed by atoms with E-state index in [0.29, 0.717) is 6.54 Å². The van der Waals surface area contributed by atoms with Gasteiger partial charge in [-0.2, -0.15) is 0 Å². The maximum absolute atomic E-state index is 11.8. The predicted molar refractivity (Wildman–Crippen MR) is 71.0 cm³/mol. The summed E-state index contributed by atoms with van der Waals surface area (Å²) < 4.78 is 0. The molecule has 0 aliphatic heterocycles. The monoisotopic (exact) mass is 286 g/mol. The topological polar surface area (TPSA) is 46.3 Å². The molecule has 0 aromatic heterocycles. The summed E-state index contributed by atoms with van der Waals surface area (Å²) in [7, 11) is 0. The molecule has 0 saturated carbocycles. The Balaban J connectivity index is 0.00000225. The zero-order valence-corrected chi connectivity index (χ0v) is 11.6. The highest BCUT2D eigenvalue weighted by Gasteiger charge is 2.25. The lowest BCUT2D eigenvalue weighted by Crippen LogP contribution is -2.43. The van der Waals surface area contributed by atoms with Gasteiger partial charge in [0.25, 0.3) is 0 Å². The summed E-state index contributed by atoms with van der Waals surface area (Å²) in [5.41, 5.74) is 0.612. The lowest BCUT2D eigenvalue weighted by molar-refractivity contribution is -0.140. The Kier molecular flexibility index (Phi) is 5.68. The Hall–Kier alpha value is -0.870. The number of benzene rings is 1. The fraction of sp³-hybridized carbons (Fsp3) is 0.417. The van der Waals surface area contributed by atoms with E-state index < -0.39 is 5.41 Å². The minimum absolute atomic E-state index is 0. The number of hydrazine groups is 1. The van der Waals surface area contributed by atoms with Gasteiger partial charge < -0.3 is 0 Å². The summed E-state index contributed by atoms with van der Waals surface area (Å²) in [5, 5.41) is 1.27. The number of nitrogens with zero attached hydrogens (tertiary/aromatic N) is 1. The van der Waals surface area contributed by atoms with Crippen molar-refractivity contribution < 1.29 is 4.79 Å². The first-order valence-corrected chi connectivity index (χ1v) is 5.02. The van der Waals surface area contributed by atoms with Gasteiger partial charge in [-0.3, -0.25) is 9.80 Å². The average Bonchev–Trinajstić information content (AvgIpc) is 2.16. The van der Waals surface area contributed by atoms with Crippen LogP contribution in [0.15, 0.2) is 30.3 Å². The highest BCUT2D eigenvalue weighted by atomic mass is 79.9. The van der Waals surface area contributed by atoms with Crippen LogP contribution in [0.25, 0.3) is 0 Å². The van der Waals surface area contributed by atoms with Crippen LogP contribution in [-0.4, -0.2) is 10.9 Å². The molecule has 1 aromatic rings. The number of rotatable bonds is 2. The van der Waals surface area contributed by atoms with Crippen molar-refractivity contribution >= 4 is 22.9 Å². The van der Waals surface area contributed by atoms with Crippen LogP contribution in [-0.2, 0) is 11.3 Å². The van der Waals surface area contributed by atoms with E-state index in [-0.39, 0.29) is 22.9 Å². The van der Waals surface area contributed by atoms with E-state index in [1.54, 1.807) is 0 Å². The van der Waals surface area contributed by atoms with Crippen LogP contribution in [0.4, 0.5) is 0 Å². The highest BCUT2D eigenvalue weighted by Crippen LogP contribution is 2.16. The minimum atomic E-state index is -0.427. The summed E-state index contributed by atoms with van der Waals surface area (Å²) in [5.74, 6) is 5.67. The third kappa shape index (κ3) is 4.33. The Morgan fingerprint density at radius 1 is 1.25 bits per heavy atom. The number of halogens is 1. The first-order chi connectivity index (χ1) is 6.91. The minimum Gasteiger partial charge on any atom is -0.276 e. The van der Waals surface area contributed by atoms with Crippen molar-refractivity contribution in [1.82, 2.24) is 5.01 Å². The molecule has 0 unspecified atom stereocenters. The summed E-state index contributed by atoms with van der Waals surface area (Å²) in [4.78, 5) is 11.8. The van der Waals surface area contributed by atoms with Gasteiger partial charge in [-0.1, -0.05) is 51.1 Å². The lowest BCUT2D eigenvalue weighted by Gasteiger charge is -2.25. The third-order valence-corrected chi connectivity index (χ3v) is 2.10. The van der Waals surface area contributed by atoms with Crippen LogP contribution in [0.2, 0.25) is 0 Å². The SMILES string of the molecule is Br.CC(C)(C)C(=O)N(N)Cc1ccccc1. The molecule has 1 rings (SSSR count). The van der Waals surface area contributed by atoms with Gasteiger partial charge >= 0.3 is 0 Å². The standard InChI is InChI=1S/C12H18N2O.BrH/c1-12(2,3)11(15)14(13)9-10-7-5-4-6-8-10;/h4-8H,9,13H2,1-3H3;1H. The Morgan fingerprint density at radius 2 is 1.75 bits per heavy atom. The van der Waals surface area contributed by atoms with Crippen molar-refractivity contribution in [3.8, 4) is 0 Å². The lowest BCUT2D eigenvalue weighted by atomic mass is 9.95. The largest absolute Gasteiger partial charge is 0.276 e. The number of hydrogen-bond acceptors (Lipinski definition) is 2. The van der Waals surface area contributed by atoms with Crippen molar-refractivity contribution in [2.24, 2.45) is 11.3 Å². The molecule has 0 atom stereocenters. The zero-order valence-electron chi connectivity index (χ0n) is 9.93. The number of carbonyl (C=O) groups excluding carboxylic acids is 1. The second kappa shape index (κ2) is 6.01. The first kappa shape index (κ1) is 15.1. The molecule has 0 radical (unpaired) electrons. The highest BCUT2D eigenvalue weighted by molar-refractivity contribution is 8.93. The van der Waals surface area contributed by atoms with Crippen LogP contribution in [0.5, 0.6) is 0 Å². The molecule has 1 amide bonds. The van der Waals surface area contributed by atoms with Crippen molar-refractivity contribution in [2.45, 2.75) is 27.3 Å². The summed E-state index contributed by atoms with van der Waals surface area (Å²) in [6, 6.07) is 9.72. The fourth-order valence-electron chi connectivity index (χ4n) is 1.28. The van der Waals surface area contributed by atoms with Crippen molar-refractivity contribution in [3.05, 3.63) is 35.9 Å². The Bertz CT molecular complexity index is 333. The molecule has 0 spiro atoms. The fourth-order valence-corrected chi connectivity index (χ4v) is 1.28. The van der Waals surface area contributed by atoms with Crippen LogP contribution in [0.1, 0.15) is 26.3 Å². The summed E-state index contributed by atoms with van der Waals surface area (Å²) >= 11 is 0. The van der Waals surface area contributed by atoms with E-state index >= 15 is 0 Å². The first-order valence-electron chi connectivity index (χ1n) is 5.02. The van der Waals surface area contributed by atoms with Crippen molar-refractivity contribution in [3.63, 3.8) is 0 Å². The smallest absolute Gasteiger partial charge is 0.242 e. The third-order valence-electron chi connectivity index (χ3n) is 2.10. The second-order valence-electron chi connectivity index (χ2n) is 4.67. The molecule has 3 nitrogen and oxygen atoms in total. The van der Waals surface area contributed by atoms with Crippen molar-refractivity contribution in [1.29, 1.82) is 0 Å². The molecule has 4 heteroatoms. The molecule has 2 N–H and O–H groups in total. The zero-order chi connectivity index (χ0) is 11.5. The van der Waals surface area contributed by atoms with Crippen LogP contribution in [0, 0.1) is 5.41 Å². The van der Waals surface area contributed by atoms with E-state index in [1.165, 1.54) is 5.01 Å². The molecule has 0 heterocycles. The molecule has 0 fully saturated rings. The predicted octanol–water partition coefficient (Wildman–Crippen LogP) is 2.51. The van der Waals surface area contributed by atoms with E-state index in [1.807, 2.05) is 51.1 Å². The second-order valence-corrected chi connectivity index (χ2v) is 4.67. The molecule has 90 valence electrons. The maximum atomic E-state index is 11.8. The molecule has 0 aliphatic carbocycles. The van der Waals surface area contributed by atoms with Gasteiger partial charge in [-0.25, -0.2) is 5.84 Å². The normalized spacial score (nSPS) is 10.5. The van der Waals surface area contributed by atoms with Crippen molar-refractivity contribution in [2.75, 3.05) is 0 Å². The van der Waals surface area contributed by atoms with E-state index in [9.17, 15) is 4.79 Å². The molecule has 0 bridgehead atoms. The van der Waals surface area contributed by atoms with E-state index in [2.05, 4.69) is 0 Å². The number of carbonyl (C=O) groups is 1. The molecule has 0 saturated heterocycles. The molecule has 1 aromatic carbocycles. The molecular formula is C12H19BrN2O. The Labute approximate surface area is 107 Å². The average molecular weight is 287 g/mol. The summed E-state index contributed by atoms with van der Waals surface area (Å²) in [6.07, 6.45) is 0. The molecule has 16 heavy (non-hydrogen) atoms. The van der Waals surface area contributed by atoms with E-state index in [4.69, 9.17) is 5.84 Å². The van der Waals surface area contributed by atoms with Gasteiger partial charge in [0.1, 0.15) is 0 Å². The molecular weight excluding hydrogens is 268 g/mol. The molecule has 0 aliphatic rings. The van der Waals surface area contributed by atoms with Crippen LogP contribution < -0.4 is 5.84 Å². The number of hydrogen-bond donors (Lipinski definition) is 1. The summed E-state index contributed by atoms with van der Waals surface area (Å²) in [6.45, 7) is 6.04. The van der Waals surface area contributed by atoms with Gasteiger partial charge in [-0.15, -0.1) is 17.0 Å². The van der Waals surface area contributed by atoms with Gasteiger partial charge in [0.05, 0.1) is 6.54 Å². The van der Waals surface area contributed by atoms with Gasteiger partial charge in [0.2, 0.25) is 5.91 Å². The van der Waals surface area contributed by atoms with Gasteiger partial charge in [0, 0.05) is 5.41 Å². The maximum Gasteiger partial charge on any atom is 0.242 e. The quantitative estimate of drug-likeness (QED) is 0.516. The van der Waals surface area contributed by atoms with Gasteiger partial charge in [-0.05, 0) is 5.56 Å².